The van der Waals surface area contributed by atoms with Crippen LogP contribution in [0, 0.1) is 6.92 Å². The zero-order valence-electron chi connectivity index (χ0n) is 12.4. The predicted molar refractivity (Wildman–Crippen MR) is 81.9 cm³/mol. The molecule has 1 aliphatic rings. The summed E-state index contributed by atoms with van der Waals surface area (Å²) in [7, 11) is 1.94. The summed E-state index contributed by atoms with van der Waals surface area (Å²) in [5.41, 5.74) is 3.33. The summed E-state index contributed by atoms with van der Waals surface area (Å²) < 4.78 is 11.5. The summed E-state index contributed by atoms with van der Waals surface area (Å²) in [5.74, 6) is 1.64. The summed E-state index contributed by atoms with van der Waals surface area (Å²) in [5, 5.41) is 3.33. The van der Waals surface area contributed by atoms with Gasteiger partial charge in [-0.05, 0) is 49.4 Å². The van der Waals surface area contributed by atoms with Crippen LogP contribution in [0.1, 0.15) is 29.3 Å². The van der Waals surface area contributed by atoms with Crippen LogP contribution in [0.25, 0.3) is 0 Å². The predicted octanol–water partition coefficient (Wildman–Crippen LogP) is 2.86. The van der Waals surface area contributed by atoms with Crippen LogP contribution in [0.3, 0.4) is 0 Å². The SMILES string of the molecule is CNC(c1ccc2c(c1)OCCCO2)c1cc(C)ccn1. The zero-order chi connectivity index (χ0) is 14.7. The number of rotatable bonds is 3. The van der Waals surface area contributed by atoms with Gasteiger partial charge in [-0.2, -0.15) is 0 Å². The van der Waals surface area contributed by atoms with Gasteiger partial charge in [0, 0.05) is 12.6 Å². The molecule has 3 rings (SSSR count). The molecule has 1 atom stereocenters. The van der Waals surface area contributed by atoms with Gasteiger partial charge in [0.25, 0.3) is 0 Å². The Morgan fingerprint density at radius 3 is 2.67 bits per heavy atom. The normalized spacial score (nSPS) is 15.3. The van der Waals surface area contributed by atoms with Crippen molar-refractivity contribution in [3.05, 3.63) is 53.3 Å². The van der Waals surface area contributed by atoms with Gasteiger partial charge < -0.3 is 14.8 Å². The second-order valence-electron chi connectivity index (χ2n) is 5.24. The van der Waals surface area contributed by atoms with Crippen molar-refractivity contribution in [2.24, 2.45) is 0 Å². The van der Waals surface area contributed by atoms with Crippen LogP contribution in [0.2, 0.25) is 0 Å². The molecule has 1 aromatic heterocycles. The third kappa shape index (κ3) is 3.00. The van der Waals surface area contributed by atoms with Crippen LogP contribution in [0.5, 0.6) is 11.5 Å². The first-order chi connectivity index (χ1) is 10.3. The number of hydrogen-bond donors (Lipinski definition) is 1. The largest absolute Gasteiger partial charge is 0.490 e. The Bertz CT molecular complexity index is 628. The fourth-order valence-corrected chi connectivity index (χ4v) is 2.56. The molecule has 0 amide bonds. The van der Waals surface area contributed by atoms with E-state index in [2.05, 4.69) is 29.4 Å². The molecule has 1 aliphatic heterocycles. The third-order valence-electron chi connectivity index (χ3n) is 3.63. The van der Waals surface area contributed by atoms with Crippen molar-refractivity contribution in [3.63, 3.8) is 0 Å². The van der Waals surface area contributed by atoms with Crippen molar-refractivity contribution in [1.29, 1.82) is 0 Å². The van der Waals surface area contributed by atoms with Crippen LogP contribution in [-0.4, -0.2) is 25.2 Å². The van der Waals surface area contributed by atoms with Gasteiger partial charge >= 0.3 is 0 Å². The number of aryl methyl sites for hydroxylation is 1. The molecule has 0 saturated heterocycles. The van der Waals surface area contributed by atoms with Crippen molar-refractivity contribution in [1.82, 2.24) is 10.3 Å². The van der Waals surface area contributed by atoms with E-state index in [4.69, 9.17) is 9.47 Å². The van der Waals surface area contributed by atoms with E-state index in [1.54, 1.807) is 0 Å². The van der Waals surface area contributed by atoms with Gasteiger partial charge in [-0.15, -0.1) is 0 Å². The second-order valence-corrected chi connectivity index (χ2v) is 5.24. The van der Waals surface area contributed by atoms with E-state index in [9.17, 15) is 0 Å². The number of pyridine rings is 1. The molecule has 0 spiro atoms. The van der Waals surface area contributed by atoms with Gasteiger partial charge in [0.1, 0.15) is 0 Å². The Labute approximate surface area is 125 Å². The third-order valence-corrected chi connectivity index (χ3v) is 3.63. The fourth-order valence-electron chi connectivity index (χ4n) is 2.56. The zero-order valence-corrected chi connectivity index (χ0v) is 12.4. The monoisotopic (exact) mass is 284 g/mol. The number of aromatic nitrogens is 1. The van der Waals surface area contributed by atoms with E-state index in [1.165, 1.54) is 5.56 Å². The number of fused-ring (bicyclic) bond motifs is 1. The maximum absolute atomic E-state index is 5.77. The number of nitrogens with one attached hydrogen (secondary N) is 1. The molecule has 0 bridgehead atoms. The van der Waals surface area contributed by atoms with E-state index < -0.39 is 0 Å². The lowest BCUT2D eigenvalue weighted by atomic mass is 10.0. The number of hydrogen-bond acceptors (Lipinski definition) is 4. The quantitative estimate of drug-likeness (QED) is 0.941. The smallest absolute Gasteiger partial charge is 0.161 e. The molecule has 1 aromatic carbocycles. The molecule has 1 unspecified atom stereocenters. The van der Waals surface area contributed by atoms with Crippen LogP contribution in [-0.2, 0) is 0 Å². The topological polar surface area (TPSA) is 43.4 Å². The van der Waals surface area contributed by atoms with Crippen LogP contribution in [0.4, 0.5) is 0 Å². The molecule has 1 N–H and O–H groups in total. The summed E-state index contributed by atoms with van der Waals surface area (Å²) >= 11 is 0. The minimum absolute atomic E-state index is 0.0436. The Morgan fingerprint density at radius 2 is 1.90 bits per heavy atom. The Balaban J connectivity index is 1.96. The molecular formula is C17H20N2O2. The highest BCUT2D eigenvalue weighted by Gasteiger charge is 2.17. The average molecular weight is 284 g/mol. The molecule has 2 aromatic rings. The molecule has 0 saturated carbocycles. The Hall–Kier alpha value is -2.07. The Kier molecular flexibility index (Phi) is 4.06. The van der Waals surface area contributed by atoms with Gasteiger partial charge in [-0.25, -0.2) is 0 Å². The maximum Gasteiger partial charge on any atom is 0.161 e. The summed E-state index contributed by atoms with van der Waals surface area (Å²) in [6.07, 6.45) is 2.76. The summed E-state index contributed by atoms with van der Waals surface area (Å²) in [6, 6.07) is 10.2. The lowest BCUT2D eigenvalue weighted by Gasteiger charge is -2.18. The lowest BCUT2D eigenvalue weighted by Crippen LogP contribution is -2.19. The first-order valence-corrected chi connectivity index (χ1v) is 7.27. The molecule has 0 radical (unpaired) electrons. The van der Waals surface area contributed by atoms with E-state index >= 15 is 0 Å². The van der Waals surface area contributed by atoms with Crippen molar-refractivity contribution in [2.45, 2.75) is 19.4 Å². The number of ether oxygens (including phenoxy) is 2. The van der Waals surface area contributed by atoms with Gasteiger partial charge in [-0.3, -0.25) is 4.98 Å². The second kappa shape index (κ2) is 6.14. The van der Waals surface area contributed by atoms with E-state index in [1.807, 2.05) is 31.4 Å². The molecule has 0 aliphatic carbocycles. The minimum atomic E-state index is 0.0436. The molecule has 4 nitrogen and oxygen atoms in total. The van der Waals surface area contributed by atoms with Gasteiger partial charge in [0.2, 0.25) is 0 Å². The first-order valence-electron chi connectivity index (χ1n) is 7.27. The van der Waals surface area contributed by atoms with Gasteiger partial charge in [0.15, 0.2) is 11.5 Å². The summed E-state index contributed by atoms with van der Waals surface area (Å²) in [4.78, 5) is 4.48. The van der Waals surface area contributed by atoms with Crippen molar-refractivity contribution < 1.29 is 9.47 Å². The number of nitrogens with zero attached hydrogens (tertiary/aromatic N) is 1. The summed E-state index contributed by atoms with van der Waals surface area (Å²) in [6.45, 7) is 3.48. The van der Waals surface area contributed by atoms with Gasteiger partial charge in [-0.1, -0.05) is 6.07 Å². The maximum atomic E-state index is 5.77. The average Bonchev–Trinajstić information content (AvgIpc) is 2.73. The van der Waals surface area contributed by atoms with Gasteiger partial charge in [0.05, 0.1) is 24.9 Å². The Morgan fingerprint density at radius 1 is 1.10 bits per heavy atom. The van der Waals surface area contributed by atoms with E-state index in [0.717, 1.165) is 29.2 Å². The molecule has 2 heterocycles. The first kappa shape index (κ1) is 13.9. The molecule has 110 valence electrons. The fraction of sp³-hybridized carbons (Fsp3) is 0.353. The van der Waals surface area contributed by atoms with Crippen LogP contribution >= 0.6 is 0 Å². The molecule has 21 heavy (non-hydrogen) atoms. The van der Waals surface area contributed by atoms with E-state index in [-0.39, 0.29) is 6.04 Å². The standard InChI is InChI=1S/C17H20N2O2/c1-12-6-7-19-14(10-12)17(18-2)13-4-5-15-16(11-13)21-9-3-8-20-15/h4-7,10-11,17-18H,3,8-9H2,1-2H3. The van der Waals surface area contributed by atoms with Crippen LogP contribution < -0.4 is 14.8 Å². The van der Waals surface area contributed by atoms with E-state index in [0.29, 0.717) is 13.2 Å². The van der Waals surface area contributed by atoms with Crippen molar-refractivity contribution in [2.75, 3.05) is 20.3 Å². The highest BCUT2D eigenvalue weighted by Crippen LogP contribution is 2.33. The van der Waals surface area contributed by atoms with Crippen molar-refractivity contribution >= 4 is 0 Å². The number of benzene rings is 1. The van der Waals surface area contributed by atoms with Crippen molar-refractivity contribution in [3.8, 4) is 11.5 Å². The highest BCUT2D eigenvalue weighted by molar-refractivity contribution is 5.45. The minimum Gasteiger partial charge on any atom is -0.490 e. The molecule has 4 heteroatoms. The van der Waals surface area contributed by atoms with Crippen LogP contribution in [0.15, 0.2) is 36.5 Å². The lowest BCUT2D eigenvalue weighted by molar-refractivity contribution is 0.297. The highest BCUT2D eigenvalue weighted by atomic mass is 16.5. The molecular weight excluding hydrogens is 264 g/mol. The molecule has 0 fully saturated rings.